The molecule has 2 aromatic rings. The smallest absolute Gasteiger partial charge is 0.387 e. The molecule has 2 N–H and O–H groups in total. The molecule has 0 radical (unpaired) electrons. The molecule has 160 valence electrons. The SMILES string of the molecule is COc1ccc(NC(=O)c2cc(OC)c(OC(F)F)cc2[N+](=O)[O-])cc1NC(C)=O. The quantitative estimate of drug-likeness (QED) is 0.490. The maximum Gasteiger partial charge on any atom is 0.387 e. The highest BCUT2D eigenvalue weighted by molar-refractivity contribution is 6.08. The number of hydrogen-bond acceptors (Lipinski definition) is 7. The van der Waals surface area contributed by atoms with Crippen LogP contribution in [-0.4, -0.2) is 37.6 Å². The van der Waals surface area contributed by atoms with Crippen molar-refractivity contribution < 1.29 is 37.5 Å². The van der Waals surface area contributed by atoms with Gasteiger partial charge in [-0.15, -0.1) is 0 Å². The zero-order chi connectivity index (χ0) is 22.4. The number of alkyl halides is 2. The first-order valence-electron chi connectivity index (χ1n) is 8.24. The van der Waals surface area contributed by atoms with E-state index in [4.69, 9.17) is 9.47 Å². The number of nitro benzene ring substituents is 1. The highest BCUT2D eigenvalue weighted by atomic mass is 19.3. The van der Waals surface area contributed by atoms with Gasteiger partial charge in [-0.1, -0.05) is 0 Å². The van der Waals surface area contributed by atoms with Gasteiger partial charge in [0.1, 0.15) is 11.3 Å². The third kappa shape index (κ3) is 5.31. The lowest BCUT2D eigenvalue weighted by atomic mass is 10.1. The minimum atomic E-state index is -3.25. The van der Waals surface area contributed by atoms with Gasteiger partial charge in [-0.2, -0.15) is 8.78 Å². The first kappa shape index (κ1) is 22.3. The molecule has 0 spiro atoms. The maximum absolute atomic E-state index is 12.7. The number of benzene rings is 2. The number of methoxy groups -OCH3 is 2. The Hall–Kier alpha value is -3.96. The molecule has 0 saturated heterocycles. The van der Waals surface area contributed by atoms with Crippen molar-refractivity contribution in [3.05, 3.63) is 46.0 Å². The molecule has 12 heteroatoms. The molecule has 0 bridgehead atoms. The molecule has 0 aromatic heterocycles. The topological polar surface area (TPSA) is 129 Å². The van der Waals surface area contributed by atoms with E-state index >= 15 is 0 Å². The van der Waals surface area contributed by atoms with E-state index in [1.807, 2.05) is 0 Å². The van der Waals surface area contributed by atoms with Gasteiger partial charge < -0.3 is 24.8 Å². The minimum absolute atomic E-state index is 0.186. The Morgan fingerprint density at radius 2 is 1.70 bits per heavy atom. The van der Waals surface area contributed by atoms with Crippen LogP contribution < -0.4 is 24.8 Å². The van der Waals surface area contributed by atoms with Crippen molar-refractivity contribution in [2.45, 2.75) is 13.5 Å². The molecular formula is C18H17F2N3O7. The van der Waals surface area contributed by atoms with Gasteiger partial charge in [0.25, 0.3) is 11.6 Å². The number of carbonyl (C=O) groups is 2. The normalized spacial score (nSPS) is 10.3. The number of halogens is 2. The summed E-state index contributed by atoms with van der Waals surface area (Å²) in [7, 11) is 2.52. The number of anilines is 2. The maximum atomic E-state index is 12.7. The number of carbonyl (C=O) groups excluding carboxylic acids is 2. The standard InChI is InChI=1S/C18H17F2N3O7/c1-9(24)21-12-6-10(4-5-14(12)28-2)22-17(25)11-7-15(29-3)16(30-18(19)20)8-13(11)23(26)27/h4-8,18H,1-3H3,(H,21,24)(H,22,25). The van der Waals surface area contributed by atoms with Crippen molar-refractivity contribution in [1.29, 1.82) is 0 Å². The summed E-state index contributed by atoms with van der Waals surface area (Å²) in [4.78, 5) is 34.4. The average molecular weight is 425 g/mol. The van der Waals surface area contributed by atoms with E-state index in [9.17, 15) is 28.5 Å². The Morgan fingerprint density at radius 1 is 1.03 bits per heavy atom. The lowest BCUT2D eigenvalue weighted by Gasteiger charge is -2.14. The fraction of sp³-hybridized carbons (Fsp3) is 0.222. The van der Waals surface area contributed by atoms with E-state index in [0.717, 1.165) is 13.2 Å². The summed E-state index contributed by atoms with van der Waals surface area (Å²) >= 11 is 0. The van der Waals surface area contributed by atoms with E-state index in [0.29, 0.717) is 11.8 Å². The fourth-order valence-corrected chi connectivity index (χ4v) is 2.50. The minimum Gasteiger partial charge on any atom is -0.495 e. The Kier molecular flexibility index (Phi) is 7.07. The predicted molar refractivity (Wildman–Crippen MR) is 102 cm³/mol. The number of nitro groups is 1. The van der Waals surface area contributed by atoms with Crippen LogP contribution in [0.15, 0.2) is 30.3 Å². The van der Waals surface area contributed by atoms with Gasteiger partial charge in [0.2, 0.25) is 5.91 Å². The first-order valence-corrected chi connectivity index (χ1v) is 8.24. The summed E-state index contributed by atoms with van der Waals surface area (Å²) in [5.74, 6) is -1.86. The van der Waals surface area contributed by atoms with Gasteiger partial charge in [0, 0.05) is 18.7 Å². The van der Waals surface area contributed by atoms with Gasteiger partial charge in [-0.25, -0.2) is 0 Å². The van der Waals surface area contributed by atoms with E-state index in [1.54, 1.807) is 0 Å². The van der Waals surface area contributed by atoms with Gasteiger partial charge >= 0.3 is 6.61 Å². The lowest BCUT2D eigenvalue weighted by Crippen LogP contribution is -2.15. The fourth-order valence-electron chi connectivity index (χ4n) is 2.50. The number of rotatable bonds is 8. The van der Waals surface area contributed by atoms with Crippen molar-refractivity contribution in [3.63, 3.8) is 0 Å². The van der Waals surface area contributed by atoms with Crippen molar-refractivity contribution in [2.24, 2.45) is 0 Å². The number of hydrogen-bond donors (Lipinski definition) is 2. The van der Waals surface area contributed by atoms with Crippen LogP contribution in [0.3, 0.4) is 0 Å². The second-order valence-corrected chi connectivity index (χ2v) is 5.71. The molecule has 10 nitrogen and oxygen atoms in total. The van der Waals surface area contributed by atoms with Gasteiger partial charge in [-0.05, 0) is 18.2 Å². The Labute approximate surface area is 168 Å². The van der Waals surface area contributed by atoms with E-state index in [-0.39, 0.29) is 23.0 Å². The summed E-state index contributed by atoms with van der Waals surface area (Å²) in [6, 6.07) is 5.89. The van der Waals surface area contributed by atoms with Gasteiger partial charge in [-0.3, -0.25) is 19.7 Å². The highest BCUT2D eigenvalue weighted by Gasteiger charge is 2.26. The van der Waals surface area contributed by atoms with E-state index in [1.165, 1.54) is 32.2 Å². The van der Waals surface area contributed by atoms with Crippen molar-refractivity contribution >= 4 is 28.9 Å². The predicted octanol–water partition coefficient (Wildman–Crippen LogP) is 3.42. The largest absolute Gasteiger partial charge is 0.495 e. The molecule has 0 saturated carbocycles. The monoisotopic (exact) mass is 425 g/mol. The summed E-state index contributed by atoms with van der Waals surface area (Å²) in [5, 5.41) is 16.3. The van der Waals surface area contributed by atoms with Crippen LogP contribution in [0.1, 0.15) is 17.3 Å². The van der Waals surface area contributed by atoms with Crippen LogP contribution in [0.25, 0.3) is 0 Å². The third-order valence-electron chi connectivity index (χ3n) is 3.71. The van der Waals surface area contributed by atoms with Crippen LogP contribution in [0.4, 0.5) is 25.8 Å². The molecule has 0 atom stereocenters. The van der Waals surface area contributed by atoms with Crippen molar-refractivity contribution in [3.8, 4) is 17.2 Å². The summed E-state index contributed by atoms with van der Waals surface area (Å²) in [5.41, 5.74) is -0.767. The molecule has 0 fully saturated rings. The second kappa shape index (κ2) is 9.49. The molecule has 0 unspecified atom stereocenters. The lowest BCUT2D eigenvalue weighted by molar-refractivity contribution is -0.385. The number of amides is 2. The number of nitrogens with zero attached hydrogens (tertiary/aromatic N) is 1. The van der Waals surface area contributed by atoms with Crippen LogP contribution in [0.2, 0.25) is 0 Å². The van der Waals surface area contributed by atoms with Crippen molar-refractivity contribution in [2.75, 3.05) is 24.9 Å². The summed E-state index contributed by atoms with van der Waals surface area (Å²) in [6.45, 7) is -1.96. The van der Waals surface area contributed by atoms with Crippen LogP contribution in [-0.2, 0) is 4.79 Å². The van der Waals surface area contributed by atoms with Gasteiger partial charge in [0.05, 0.1) is 30.9 Å². The second-order valence-electron chi connectivity index (χ2n) is 5.71. The average Bonchev–Trinajstić information content (AvgIpc) is 2.66. The summed E-state index contributed by atoms with van der Waals surface area (Å²) < 4.78 is 39.3. The van der Waals surface area contributed by atoms with Crippen LogP contribution in [0.5, 0.6) is 17.2 Å². The van der Waals surface area contributed by atoms with Crippen LogP contribution >= 0.6 is 0 Å². The van der Waals surface area contributed by atoms with Crippen molar-refractivity contribution in [1.82, 2.24) is 0 Å². The highest BCUT2D eigenvalue weighted by Crippen LogP contribution is 2.36. The zero-order valence-electron chi connectivity index (χ0n) is 16.0. The number of ether oxygens (including phenoxy) is 3. The molecule has 2 aromatic carbocycles. The van der Waals surface area contributed by atoms with Gasteiger partial charge in [0.15, 0.2) is 11.5 Å². The Morgan fingerprint density at radius 3 is 2.23 bits per heavy atom. The molecule has 2 rings (SSSR count). The molecular weight excluding hydrogens is 408 g/mol. The molecule has 0 aliphatic heterocycles. The molecule has 30 heavy (non-hydrogen) atoms. The van der Waals surface area contributed by atoms with E-state index in [2.05, 4.69) is 15.4 Å². The Balaban J connectivity index is 2.43. The first-order chi connectivity index (χ1) is 14.2. The molecule has 0 heterocycles. The van der Waals surface area contributed by atoms with E-state index < -0.39 is 34.4 Å². The third-order valence-corrected chi connectivity index (χ3v) is 3.71. The zero-order valence-corrected chi connectivity index (χ0v) is 16.0. The summed E-state index contributed by atoms with van der Waals surface area (Å²) in [6.07, 6.45) is 0. The van der Waals surface area contributed by atoms with Crippen LogP contribution in [0, 0.1) is 10.1 Å². The number of nitrogens with one attached hydrogen (secondary N) is 2. The molecule has 2 amide bonds. The molecule has 0 aliphatic carbocycles. The Bertz CT molecular complexity index is 982. The molecule has 0 aliphatic rings.